The van der Waals surface area contributed by atoms with Gasteiger partial charge in [0, 0.05) is 13.6 Å². The van der Waals surface area contributed by atoms with Crippen LogP contribution >= 0.6 is 23.2 Å². The summed E-state index contributed by atoms with van der Waals surface area (Å²) in [5.74, 6) is 0.141. The Kier molecular flexibility index (Phi) is 5.25. The first-order chi connectivity index (χ1) is 7.88. The molecule has 0 fully saturated rings. The molecule has 0 aliphatic heterocycles. The minimum absolute atomic E-state index is 0.141. The van der Waals surface area contributed by atoms with Gasteiger partial charge >= 0.3 is 0 Å². The summed E-state index contributed by atoms with van der Waals surface area (Å²) in [5, 5.41) is 0.846. The number of nitrogens with zero attached hydrogens (tertiary/aromatic N) is 1. The molecule has 0 spiro atoms. The summed E-state index contributed by atoms with van der Waals surface area (Å²) in [6.07, 6.45) is 0.593. The second-order valence-electron chi connectivity index (χ2n) is 3.78. The third-order valence-corrected chi connectivity index (χ3v) is 5.22. The van der Waals surface area contributed by atoms with Gasteiger partial charge in [-0.2, -0.15) is 0 Å². The van der Waals surface area contributed by atoms with Crippen LogP contribution in [0.1, 0.15) is 18.9 Å². The number of hydrogen-bond acceptors (Lipinski definition) is 2. The van der Waals surface area contributed by atoms with E-state index >= 15 is 0 Å². The fraction of sp³-hybridized carbons (Fsp3) is 0.455. The zero-order chi connectivity index (χ0) is 13.1. The van der Waals surface area contributed by atoms with Gasteiger partial charge in [0.1, 0.15) is 0 Å². The fourth-order valence-corrected chi connectivity index (χ4v) is 2.97. The van der Waals surface area contributed by atoms with E-state index < -0.39 is 10.0 Å². The molecule has 0 unspecified atom stereocenters. The molecule has 0 N–H and O–H groups in total. The fourth-order valence-electron chi connectivity index (χ4n) is 1.42. The van der Waals surface area contributed by atoms with E-state index in [0.29, 0.717) is 22.0 Å². The Morgan fingerprint density at radius 2 is 1.94 bits per heavy atom. The topological polar surface area (TPSA) is 37.4 Å². The molecule has 0 heterocycles. The summed E-state index contributed by atoms with van der Waals surface area (Å²) < 4.78 is 24.9. The summed E-state index contributed by atoms with van der Waals surface area (Å²) in [5.41, 5.74) is 0.710. The van der Waals surface area contributed by atoms with Crippen LogP contribution in [0.3, 0.4) is 0 Å². The maximum atomic E-state index is 11.8. The van der Waals surface area contributed by atoms with Crippen molar-refractivity contribution in [2.45, 2.75) is 19.9 Å². The van der Waals surface area contributed by atoms with Crippen molar-refractivity contribution in [3.05, 3.63) is 33.8 Å². The summed E-state index contributed by atoms with van der Waals surface area (Å²) in [7, 11) is -1.66. The molecule has 1 rings (SSSR count). The number of halogens is 2. The Morgan fingerprint density at radius 3 is 2.53 bits per heavy atom. The minimum atomic E-state index is -3.21. The van der Waals surface area contributed by atoms with Gasteiger partial charge in [0.05, 0.1) is 15.8 Å². The molecule has 1 aromatic rings. The van der Waals surface area contributed by atoms with Crippen molar-refractivity contribution < 1.29 is 8.42 Å². The summed E-state index contributed by atoms with van der Waals surface area (Å²) >= 11 is 11.9. The van der Waals surface area contributed by atoms with E-state index in [4.69, 9.17) is 23.2 Å². The normalized spacial score (nSPS) is 12.1. The van der Waals surface area contributed by atoms with E-state index in [2.05, 4.69) is 0 Å². The van der Waals surface area contributed by atoms with Crippen molar-refractivity contribution >= 4 is 33.2 Å². The maximum Gasteiger partial charge on any atom is 0.214 e. The van der Waals surface area contributed by atoms with Crippen LogP contribution in [-0.2, 0) is 16.6 Å². The van der Waals surface area contributed by atoms with Crippen LogP contribution in [0.25, 0.3) is 0 Å². The number of rotatable bonds is 5. The zero-order valence-electron chi connectivity index (χ0n) is 9.78. The zero-order valence-corrected chi connectivity index (χ0v) is 12.1. The van der Waals surface area contributed by atoms with Crippen molar-refractivity contribution in [3.63, 3.8) is 0 Å². The van der Waals surface area contributed by atoms with Crippen LogP contribution < -0.4 is 0 Å². The average Bonchev–Trinajstić information content (AvgIpc) is 2.24. The molecule has 0 bridgehead atoms. The van der Waals surface area contributed by atoms with E-state index in [1.54, 1.807) is 25.2 Å². The molecular formula is C11H15Cl2NO2S. The first-order valence-corrected chi connectivity index (χ1v) is 7.62. The number of sulfonamides is 1. The standard InChI is InChI=1S/C11H15Cl2NO2S/c1-3-7-17(15,16)14(2)8-9-5-4-6-10(12)11(9)13/h4-6H,3,7-8H2,1-2H3. The maximum absolute atomic E-state index is 11.8. The Hall–Kier alpha value is -0.290. The number of hydrogen-bond donors (Lipinski definition) is 0. The first kappa shape index (κ1) is 14.8. The van der Waals surface area contributed by atoms with Crippen LogP contribution in [0.2, 0.25) is 10.0 Å². The Balaban J connectivity index is 2.88. The van der Waals surface area contributed by atoms with Crippen LogP contribution in [-0.4, -0.2) is 25.5 Å². The lowest BCUT2D eigenvalue weighted by atomic mass is 10.2. The van der Waals surface area contributed by atoms with Crippen molar-refractivity contribution in [2.24, 2.45) is 0 Å². The molecule has 0 aliphatic rings. The van der Waals surface area contributed by atoms with Gasteiger partial charge in [-0.05, 0) is 18.1 Å². The lowest BCUT2D eigenvalue weighted by Crippen LogP contribution is -2.28. The molecule has 6 heteroatoms. The van der Waals surface area contributed by atoms with Gasteiger partial charge in [0.25, 0.3) is 0 Å². The molecule has 0 atom stereocenters. The van der Waals surface area contributed by atoms with Crippen molar-refractivity contribution in [1.29, 1.82) is 0 Å². The predicted octanol–water partition coefficient (Wildman–Crippen LogP) is 3.17. The van der Waals surface area contributed by atoms with Gasteiger partial charge < -0.3 is 0 Å². The van der Waals surface area contributed by atoms with E-state index in [1.165, 1.54) is 4.31 Å². The number of benzene rings is 1. The molecular weight excluding hydrogens is 281 g/mol. The molecule has 3 nitrogen and oxygen atoms in total. The van der Waals surface area contributed by atoms with Gasteiger partial charge in [0.2, 0.25) is 10.0 Å². The van der Waals surface area contributed by atoms with Crippen molar-refractivity contribution in [1.82, 2.24) is 4.31 Å². The van der Waals surface area contributed by atoms with Crippen LogP contribution in [0.15, 0.2) is 18.2 Å². The predicted molar refractivity (Wildman–Crippen MR) is 72.0 cm³/mol. The second-order valence-corrected chi connectivity index (χ2v) is 6.77. The Morgan fingerprint density at radius 1 is 1.29 bits per heavy atom. The highest BCUT2D eigenvalue weighted by Crippen LogP contribution is 2.26. The third kappa shape index (κ3) is 3.85. The third-order valence-electron chi connectivity index (χ3n) is 2.36. The highest BCUT2D eigenvalue weighted by Gasteiger charge is 2.18. The van der Waals surface area contributed by atoms with Gasteiger partial charge in [-0.3, -0.25) is 0 Å². The molecule has 0 amide bonds. The van der Waals surface area contributed by atoms with Crippen LogP contribution in [0.4, 0.5) is 0 Å². The molecule has 0 aromatic heterocycles. The molecule has 17 heavy (non-hydrogen) atoms. The molecule has 0 aliphatic carbocycles. The monoisotopic (exact) mass is 295 g/mol. The molecule has 0 saturated carbocycles. The average molecular weight is 296 g/mol. The highest BCUT2D eigenvalue weighted by atomic mass is 35.5. The molecule has 96 valence electrons. The lowest BCUT2D eigenvalue weighted by Gasteiger charge is -2.17. The van der Waals surface area contributed by atoms with E-state index in [0.717, 1.165) is 0 Å². The summed E-state index contributed by atoms with van der Waals surface area (Å²) in [6.45, 7) is 2.07. The van der Waals surface area contributed by atoms with Crippen molar-refractivity contribution in [3.8, 4) is 0 Å². The van der Waals surface area contributed by atoms with Crippen molar-refractivity contribution in [2.75, 3.05) is 12.8 Å². The molecule has 1 aromatic carbocycles. The van der Waals surface area contributed by atoms with E-state index in [1.807, 2.05) is 6.92 Å². The largest absolute Gasteiger partial charge is 0.214 e. The molecule has 0 radical (unpaired) electrons. The minimum Gasteiger partial charge on any atom is -0.212 e. The lowest BCUT2D eigenvalue weighted by molar-refractivity contribution is 0.466. The molecule has 0 saturated heterocycles. The highest BCUT2D eigenvalue weighted by molar-refractivity contribution is 7.89. The van der Waals surface area contributed by atoms with Crippen LogP contribution in [0, 0.1) is 0 Å². The first-order valence-electron chi connectivity index (χ1n) is 5.25. The smallest absolute Gasteiger partial charge is 0.212 e. The quantitative estimate of drug-likeness (QED) is 0.837. The summed E-state index contributed by atoms with van der Waals surface area (Å²) in [4.78, 5) is 0. The van der Waals surface area contributed by atoms with Crippen LogP contribution in [0.5, 0.6) is 0 Å². The summed E-state index contributed by atoms with van der Waals surface area (Å²) in [6, 6.07) is 5.20. The van der Waals surface area contributed by atoms with Gasteiger partial charge in [0.15, 0.2) is 0 Å². The van der Waals surface area contributed by atoms with E-state index in [9.17, 15) is 8.42 Å². The van der Waals surface area contributed by atoms with Gasteiger partial charge in [-0.25, -0.2) is 12.7 Å². The Labute approximate surface area is 112 Å². The van der Waals surface area contributed by atoms with Gasteiger partial charge in [-0.15, -0.1) is 0 Å². The van der Waals surface area contributed by atoms with E-state index in [-0.39, 0.29) is 12.3 Å². The SMILES string of the molecule is CCCS(=O)(=O)N(C)Cc1cccc(Cl)c1Cl. The second kappa shape index (κ2) is 6.05. The Bertz CT molecular complexity index is 488. The van der Waals surface area contributed by atoms with Gasteiger partial charge in [-0.1, -0.05) is 42.3 Å².